The maximum Gasteiger partial charge on any atom is 0.500 e. The van der Waals surface area contributed by atoms with E-state index in [9.17, 15) is 14.4 Å². The summed E-state index contributed by atoms with van der Waals surface area (Å²) in [7, 11) is -0.660. The van der Waals surface area contributed by atoms with E-state index < -0.39 is 18.3 Å². The quantitative estimate of drug-likeness (QED) is 0.0488. The van der Waals surface area contributed by atoms with E-state index in [-0.39, 0.29) is 36.6 Å². The number of hydrogen-bond donors (Lipinski definition) is 5. The zero-order valence-electron chi connectivity index (χ0n) is 36.6. The Hall–Kier alpha value is -4.67. The number of ketones is 1. The van der Waals surface area contributed by atoms with Gasteiger partial charge in [-0.05, 0) is 143 Å². The number of Topliss-reactive ketones (excluding diaryl/α,β-unsaturated/α-hetero) is 1. The number of fused-ring (bicyclic) bond motifs is 2. The Bertz CT molecular complexity index is 2580. The molecule has 16 nitrogen and oxygen atoms in total. The van der Waals surface area contributed by atoms with Crippen molar-refractivity contribution in [1.82, 2.24) is 10.3 Å². The predicted molar refractivity (Wildman–Crippen MR) is 258 cm³/mol. The molecule has 1 saturated heterocycles. The van der Waals surface area contributed by atoms with Crippen molar-refractivity contribution in [2.45, 2.75) is 80.4 Å². The van der Waals surface area contributed by atoms with Crippen LogP contribution >= 0.6 is 63.7 Å². The number of aryl methyl sites for hydroxylation is 4. The molecule has 5 aromatic rings. The van der Waals surface area contributed by atoms with E-state index in [1.165, 1.54) is 6.92 Å². The fraction of sp³-hybridized carbons (Fsp3) is 0.326. The molecule has 340 valence electrons. The van der Waals surface area contributed by atoms with E-state index >= 15 is 0 Å². The van der Waals surface area contributed by atoms with Gasteiger partial charge in [-0.25, -0.2) is 0 Å². The van der Waals surface area contributed by atoms with Crippen molar-refractivity contribution in [3.8, 4) is 39.5 Å². The summed E-state index contributed by atoms with van der Waals surface area (Å²) < 4.78 is 36.3. The molecule has 2 amide bonds. The minimum atomic E-state index is -0.660. The molecule has 0 aliphatic carbocycles. The number of nitrogens with zero attached hydrogens (tertiary/aromatic N) is 2. The Kier molecular flexibility index (Phi) is 15.9. The minimum Gasteiger partial charge on any atom is -0.505 e. The van der Waals surface area contributed by atoms with Crippen molar-refractivity contribution >= 4 is 105 Å². The third-order valence-electron chi connectivity index (χ3n) is 10.3. The van der Waals surface area contributed by atoms with Gasteiger partial charge in [0.25, 0.3) is 11.8 Å². The third-order valence-corrected chi connectivity index (χ3v) is 12.4. The molecule has 1 fully saturated rings. The summed E-state index contributed by atoms with van der Waals surface area (Å²) in [6, 6.07) is 10.9. The second kappa shape index (κ2) is 20.2. The van der Waals surface area contributed by atoms with Gasteiger partial charge in [-0.1, -0.05) is 42.2 Å². The molecule has 8 rings (SSSR count). The molecule has 0 saturated carbocycles. The van der Waals surface area contributed by atoms with Gasteiger partial charge in [0.05, 0.1) is 54.2 Å². The van der Waals surface area contributed by atoms with Gasteiger partial charge in [-0.3, -0.25) is 14.4 Å². The number of nitrogens with one attached hydrogen (secondary N) is 2. The number of aromatic nitrogens is 2. The Balaban J connectivity index is 0.000000171. The van der Waals surface area contributed by atoms with E-state index in [1.807, 2.05) is 73.6 Å². The minimum absolute atomic E-state index is 0.0198. The van der Waals surface area contributed by atoms with Gasteiger partial charge in [0.2, 0.25) is 0 Å². The number of phenols is 1. The predicted octanol–water partition coefficient (Wildman–Crippen LogP) is 10.0. The van der Waals surface area contributed by atoms with Crippen molar-refractivity contribution in [3.05, 3.63) is 88.4 Å². The van der Waals surface area contributed by atoms with E-state index in [2.05, 4.69) is 84.7 Å². The number of aromatic hydroxyl groups is 1. The van der Waals surface area contributed by atoms with Crippen molar-refractivity contribution in [1.29, 1.82) is 0 Å². The molecule has 0 radical (unpaired) electrons. The maximum absolute atomic E-state index is 11.8. The number of ether oxygens (including phenoxy) is 2. The van der Waals surface area contributed by atoms with E-state index in [4.69, 9.17) is 44.4 Å². The first-order valence-electron chi connectivity index (χ1n) is 19.5. The maximum atomic E-state index is 11.8. The Morgan fingerprint density at radius 1 is 0.734 bits per heavy atom. The first-order chi connectivity index (χ1) is 29.8. The normalized spacial score (nSPS) is 15.8. The number of benzene rings is 3. The van der Waals surface area contributed by atoms with Crippen LogP contribution in [0.2, 0.25) is 0 Å². The Morgan fingerprint density at radius 3 is 1.70 bits per heavy atom. The molecule has 0 unspecified atom stereocenters. The molecule has 0 spiro atoms. The molecule has 0 bridgehead atoms. The van der Waals surface area contributed by atoms with E-state index in [0.717, 1.165) is 47.1 Å². The smallest absolute Gasteiger partial charge is 0.500 e. The molecular weight excluding hydrogens is 1090 g/mol. The van der Waals surface area contributed by atoms with Gasteiger partial charge < -0.3 is 55.0 Å². The summed E-state index contributed by atoms with van der Waals surface area (Å²) >= 11 is 13.0. The highest BCUT2D eigenvalue weighted by Gasteiger charge is 2.53. The number of allylic oxidation sites excluding steroid dienone is 2. The summed E-state index contributed by atoms with van der Waals surface area (Å²) in [5, 5.41) is 22.8. The summed E-state index contributed by atoms with van der Waals surface area (Å²) in [6.07, 6.45) is 0. The van der Waals surface area contributed by atoms with Crippen LogP contribution < -0.4 is 31.6 Å². The molecule has 5 heterocycles. The number of halogens is 4. The largest absolute Gasteiger partial charge is 0.505 e. The summed E-state index contributed by atoms with van der Waals surface area (Å²) in [5.41, 5.74) is 17.7. The van der Waals surface area contributed by atoms with Crippen LogP contribution in [0.1, 0.15) is 64.5 Å². The number of phenolic OH excluding ortho intramolecular Hbond substituents is 1. The topological polar surface area (TPSA) is 237 Å². The molecule has 7 N–H and O–H groups in total. The number of amides is 2. The molecule has 21 heteroatoms. The van der Waals surface area contributed by atoms with Crippen LogP contribution in [0.3, 0.4) is 0 Å². The molecule has 2 aromatic heterocycles. The average Bonchev–Trinajstić information content (AvgIpc) is 3.77. The van der Waals surface area contributed by atoms with Gasteiger partial charge in [0.15, 0.2) is 36.2 Å². The van der Waals surface area contributed by atoms with Crippen molar-refractivity contribution in [3.63, 3.8) is 0 Å². The van der Waals surface area contributed by atoms with Gasteiger partial charge in [-0.2, -0.15) is 0 Å². The van der Waals surface area contributed by atoms with Crippen LogP contribution in [0.4, 0.5) is 17.1 Å². The lowest BCUT2D eigenvalue weighted by molar-refractivity contribution is -0.119. The fourth-order valence-corrected chi connectivity index (χ4v) is 9.19. The highest BCUT2D eigenvalue weighted by molar-refractivity contribution is 9.11. The van der Waals surface area contributed by atoms with Crippen molar-refractivity contribution < 1.29 is 47.3 Å². The third kappa shape index (κ3) is 11.4. The number of hydrogen-bond acceptors (Lipinski definition) is 14. The van der Waals surface area contributed by atoms with Gasteiger partial charge >= 0.3 is 7.12 Å². The van der Waals surface area contributed by atoms with Gasteiger partial charge in [-0.15, -0.1) is 0 Å². The number of anilines is 3. The number of carbonyl (C=O) groups is 3. The van der Waals surface area contributed by atoms with Crippen LogP contribution in [0, 0.1) is 27.7 Å². The number of nitrogens with two attached hydrogens (primary N) is 2. The second-order valence-corrected chi connectivity index (χ2v) is 19.3. The monoisotopic (exact) mass is 1130 g/mol. The SMILES string of the molecule is CC(=O)C(B1OC(C)(C)C(C)(C)O1)=C(C)N.Cc1noc(C)c1-c1cc2c(c(-c3c(C)noc3C)c1)OCC(=O)N2.Nc1cc(Br)cc(Br)c1O.O=C1COc2c(Br)cc(Br)cc2N1. The average molecular weight is 1140 g/mol. The summed E-state index contributed by atoms with van der Waals surface area (Å²) in [5.74, 6) is 2.36. The first kappa shape index (κ1) is 50.3. The highest BCUT2D eigenvalue weighted by atomic mass is 79.9. The lowest BCUT2D eigenvalue weighted by Crippen LogP contribution is -2.41. The van der Waals surface area contributed by atoms with Crippen molar-refractivity contribution in [2.24, 2.45) is 5.73 Å². The highest BCUT2D eigenvalue weighted by Crippen LogP contribution is 2.45. The summed E-state index contributed by atoms with van der Waals surface area (Å²) in [4.78, 5) is 34.3. The zero-order valence-corrected chi connectivity index (χ0v) is 43.0. The van der Waals surface area contributed by atoms with Crippen molar-refractivity contribution in [2.75, 3.05) is 29.6 Å². The lowest BCUT2D eigenvalue weighted by atomic mass is 9.75. The standard InChI is InChI=1S/C18H17N3O4.C11H20BNO3.C8H5Br2NO2.C6H5Br2NO/c1-8-16(10(3)24-20-8)12-5-13(17-9(2)21-25-11(17)4)18-14(6-12)19-15(22)7-23-18;1-7(13)9(8(2)14)12-15-10(3,4)11(5,6)16-12;9-4-1-5(10)8-6(2-4)11-7(12)3-13-8;7-3-1-4(8)6(10)5(9)2-3/h5-6H,7H2,1-4H3,(H,19,22);13H2,1-6H3;1-2H,3H2,(H,11,12);1-2,10H,9H2. The number of nitrogen functional groups attached to an aromatic ring is 1. The van der Waals surface area contributed by atoms with Gasteiger partial charge in [0, 0.05) is 31.2 Å². The Labute approximate surface area is 404 Å². The van der Waals surface area contributed by atoms with Crippen LogP contribution in [0.15, 0.2) is 74.5 Å². The van der Waals surface area contributed by atoms with Gasteiger partial charge in [0.1, 0.15) is 11.5 Å². The number of carbonyl (C=O) groups excluding carboxylic acids is 3. The molecule has 3 aliphatic heterocycles. The van der Waals surface area contributed by atoms with E-state index in [0.29, 0.717) is 55.7 Å². The Morgan fingerprint density at radius 2 is 1.22 bits per heavy atom. The second-order valence-electron chi connectivity index (χ2n) is 15.8. The molecule has 3 aromatic carbocycles. The molecule has 0 atom stereocenters. The number of rotatable bonds is 4. The first-order valence-corrected chi connectivity index (χ1v) is 22.6. The van der Waals surface area contributed by atoms with Crippen LogP contribution in [-0.4, -0.2) is 64.6 Å². The summed E-state index contributed by atoms with van der Waals surface area (Å²) in [6.45, 7) is 18.4. The zero-order chi connectivity index (χ0) is 47.6. The molecule has 64 heavy (non-hydrogen) atoms. The lowest BCUT2D eigenvalue weighted by Gasteiger charge is -2.32. The van der Waals surface area contributed by atoms with Crippen LogP contribution in [0.5, 0.6) is 17.2 Å². The van der Waals surface area contributed by atoms with Crippen LogP contribution in [-0.2, 0) is 23.7 Å². The van der Waals surface area contributed by atoms with Crippen LogP contribution in [0.25, 0.3) is 22.3 Å². The fourth-order valence-electron chi connectivity index (χ4n) is 6.59. The molecular formula is C43H47BBr4N6O10. The molecule has 3 aliphatic rings. The van der Waals surface area contributed by atoms with E-state index in [1.54, 1.807) is 25.1 Å².